The van der Waals surface area contributed by atoms with Gasteiger partial charge in [-0.3, -0.25) is 14.9 Å². The predicted octanol–water partition coefficient (Wildman–Crippen LogP) is 1.48. The van der Waals surface area contributed by atoms with Gasteiger partial charge in [-0.2, -0.15) is 13.2 Å². The highest BCUT2D eigenvalue weighted by molar-refractivity contribution is 5.67. The van der Waals surface area contributed by atoms with E-state index in [4.69, 9.17) is 5.11 Å². The number of hydrogen-bond donors (Lipinski definition) is 3. The number of nitrogens with zero attached hydrogens (tertiary/aromatic N) is 1. The molecule has 0 saturated carbocycles. The summed E-state index contributed by atoms with van der Waals surface area (Å²) < 4.78 is 37.4. The molecule has 0 saturated heterocycles. The van der Waals surface area contributed by atoms with Gasteiger partial charge in [0.1, 0.15) is 6.10 Å². The van der Waals surface area contributed by atoms with E-state index in [9.17, 15) is 38.3 Å². The predicted molar refractivity (Wildman–Crippen MR) is 61.3 cm³/mol. The van der Waals surface area contributed by atoms with Crippen LogP contribution in [0.4, 0.5) is 18.9 Å². The Labute approximate surface area is 115 Å². The van der Waals surface area contributed by atoms with E-state index < -0.39 is 52.5 Å². The summed E-state index contributed by atoms with van der Waals surface area (Å²) in [6.07, 6.45) is -9.62. The molecule has 0 aliphatic rings. The van der Waals surface area contributed by atoms with Gasteiger partial charge in [-0.15, -0.1) is 0 Å². The average molecular weight is 309 g/mol. The maximum absolute atomic E-state index is 12.5. The zero-order chi connectivity index (χ0) is 16.4. The Morgan fingerprint density at radius 1 is 1.33 bits per heavy atom. The van der Waals surface area contributed by atoms with Crippen molar-refractivity contribution < 1.29 is 38.2 Å². The normalized spacial score (nSPS) is 14.5. The summed E-state index contributed by atoms with van der Waals surface area (Å²) in [4.78, 5) is 20.0. The Balaban J connectivity index is 3.24. The summed E-state index contributed by atoms with van der Waals surface area (Å²) in [7, 11) is 0. The minimum atomic E-state index is -4.81. The molecule has 0 heterocycles. The zero-order valence-corrected chi connectivity index (χ0v) is 10.2. The van der Waals surface area contributed by atoms with Crippen LogP contribution in [0.15, 0.2) is 18.2 Å². The number of rotatable bonds is 5. The van der Waals surface area contributed by atoms with Crippen molar-refractivity contribution in [3.05, 3.63) is 39.4 Å². The first-order valence-corrected chi connectivity index (χ1v) is 5.47. The van der Waals surface area contributed by atoms with Gasteiger partial charge in [-0.1, -0.05) is 0 Å². The second-order valence-electron chi connectivity index (χ2n) is 4.14. The SMILES string of the molecule is O=C(O)CC(O)C(O)c1ccc(C(F)(F)F)cc1[N+](=O)[O-]. The number of hydrogen-bond acceptors (Lipinski definition) is 5. The van der Waals surface area contributed by atoms with Crippen molar-refractivity contribution in [1.82, 2.24) is 0 Å². The lowest BCUT2D eigenvalue weighted by Gasteiger charge is -2.17. The summed E-state index contributed by atoms with van der Waals surface area (Å²) >= 11 is 0. The van der Waals surface area contributed by atoms with Crippen molar-refractivity contribution in [2.45, 2.75) is 24.8 Å². The molecular weight excluding hydrogens is 299 g/mol. The Kier molecular flexibility index (Phi) is 4.86. The van der Waals surface area contributed by atoms with Crippen LogP contribution < -0.4 is 0 Å². The topological polar surface area (TPSA) is 121 Å². The summed E-state index contributed by atoms with van der Waals surface area (Å²) in [6.45, 7) is 0. The molecule has 21 heavy (non-hydrogen) atoms. The van der Waals surface area contributed by atoms with E-state index in [2.05, 4.69) is 0 Å². The van der Waals surface area contributed by atoms with Crippen molar-refractivity contribution in [2.24, 2.45) is 0 Å². The number of carbonyl (C=O) groups is 1. The van der Waals surface area contributed by atoms with Gasteiger partial charge in [0.15, 0.2) is 0 Å². The highest BCUT2D eigenvalue weighted by Gasteiger charge is 2.35. The number of nitro groups is 1. The van der Waals surface area contributed by atoms with Gasteiger partial charge in [-0.25, -0.2) is 0 Å². The molecule has 0 fully saturated rings. The number of aliphatic hydroxyl groups excluding tert-OH is 2. The quantitative estimate of drug-likeness (QED) is 0.559. The number of benzene rings is 1. The minimum absolute atomic E-state index is 0.214. The molecule has 1 rings (SSSR count). The van der Waals surface area contributed by atoms with E-state index in [0.29, 0.717) is 12.1 Å². The molecule has 0 bridgehead atoms. The largest absolute Gasteiger partial charge is 0.481 e. The van der Waals surface area contributed by atoms with E-state index >= 15 is 0 Å². The lowest BCUT2D eigenvalue weighted by molar-refractivity contribution is -0.386. The van der Waals surface area contributed by atoms with Gasteiger partial charge in [0.2, 0.25) is 0 Å². The summed E-state index contributed by atoms with van der Waals surface area (Å²) in [5, 5.41) is 38.3. The molecule has 0 amide bonds. The Bertz CT molecular complexity index is 559. The smallest absolute Gasteiger partial charge is 0.416 e. The molecule has 7 nitrogen and oxygen atoms in total. The molecule has 0 aliphatic heterocycles. The molecule has 116 valence electrons. The highest BCUT2D eigenvalue weighted by atomic mass is 19.4. The van der Waals surface area contributed by atoms with Crippen LogP contribution in [0.25, 0.3) is 0 Å². The molecule has 3 N–H and O–H groups in total. The zero-order valence-electron chi connectivity index (χ0n) is 10.2. The van der Waals surface area contributed by atoms with Gasteiger partial charge in [0.25, 0.3) is 5.69 Å². The van der Waals surface area contributed by atoms with Crippen molar-refractivity contribution >= 4 is 11.7 Å². The fraction of sp³-hybridized carbons (Fsp3) is 0.364. The first kappa shape index (κ1) is 16.9. The van der Waals surface area contributed by atoms with E-state index in [-0.39, 0.29) is 6.07 Å². The molecule has 0 radical (unpaired) electrons. The summed E-state index contributed by atoms with van der Waals surface area (Å²) in [6, 6.07) is 1.35. The third-order valence-electron chi connectivity index (χ3n) is 2.62. The van der Waals surface area contributed by atoms with Crippen molar-refractivity contribution in [1.29, 1.82) is 0 Å². The molecular formula is C11H10F3NO6. The first-order valence-electron chi connectivity index (χ1n) is 5.47. The van der Waals surface area contributed by atoms with Gasteiger partial charge < -0.3 is 15.3 Å². The molecule has 0 aromatic heterocycles. The standard InChI is InChI=1S/C11H10F3NO6/c12-11(13,14)5-1-2-6(7(3-5)15(20)21)10(19)8(16)4-9(17)18/h1-3,8,10,16,19H,4H2,(H,17,18). The number of halogens is 3. The van der Waals surface area contributed by atoms with Crippen molar-refractivity contribution in [3.8, 4) is 0 Å². The maximum atomic E-state index is 12.5. The second-order valence-corrected chi connectivity index (χ2v) is 4.14. The van der Waals surface area contributed by atoms with Gasteiger partial charge >= 0.3 is 12.1 Å². The van der Waals surface area contributed by atoms with E-state index in [1.165, 1.54) is 0 Å². The Hall–Kier alpha value is -2.20. The maximum Gasteiger partial charge on any atom is 0.416 e. The van der Waals surface area contributed by atoms with E-state index in [0.717, 1.165) is 0 Å². The molecule has 2 atom stereocenters. The van der Waals surface area contributed by atoms with Crippen molar-refractivity contribution in [2.75, 3.05) is 0 Å². The summed E-state index contributed by atoms with van der Waals surface area (Å²) in [5.41, 5.74) is -2.94. The van der Waals surface area contributed by atoms with Crippen LogP contribution in [0.1, 0.15) is 23.7 Å². The van der Waals surface area contributed by atoms with Gasteiger partial charge in [-0.05, 0) is 12.1 Å². The summed E-state index contributed by atoms with van der Waals surface area (Å²) in [5.74, 6) is -1.48. The van der Waals surface area contributed by atoms with E-state index in [1.807, 2.05) is 0 Å². The average Bonchev–Trinajstić information content (AvgIpc) is 2.35. The van der Waals surface area contributed by atoms with Crippen LogP contribution in [0.3, 0.4) is 0 Å². The van der Waals surface area contributed by atoms with E-state index in [1.54, 1.807) is 0 Å². The molecule has 0 aliphatic carbocycles. The van der Waals surface area contributed by atoms with Gasteiger partial charge in [0, 0.05) is 6.07 Å². The third-order valence-corrected chi connectivity index (χ3v) is 2.62. The molecule has 1 aromatic carbocycles. The lowest BCUT2D eigenvalue weighted by Crippen LogP contribution is -2.22. The minimum Gasteiger partial charge on any atom is -0.481 e. The Morgan fingerprint density at radius 2 is 1.90 bits per heavy atom. The fourth-order valence-corrected chi connectivity index (χ4v) is 1.63. The van der Waals surface area contributed by atoms with Crippen LogP contribution in [0.2, 0.25) is 0 Å². The molecule has 1 aromatic rings. The molecule has 10 heteroatoms. The number of carboxylic acid groups (broad SMARTS) is 1. The molecule has 0 spiro atoms. The monoisotopic (exact) mass is 309 g/mol. The van der Waals surface area contributed by atoms with Crippen LogP contribution >= 0.6 is 0 Å². The van der Waals surface area contributed by atoms with Gasteiger partial charge in [0.05, 0.1) is 28.6 Å². The van der Waals surface area contributed by atoms with Crippen LogP contribution in [0.5, 0.6) is 0 Å². The highest BCUT2D eigenvalue weighted by Crippen LogP contribution is 2.35. The fourth-order valence-electron chi connectivity index (χ4n) is 1.63. The van der Waals surface area contributed by atoms with Crippen LogP contribution in [-0.4, -0.2) is 32.3 Å². The lowest BCUT2D eigenvalue weighted by atomic mass is 9.98. The van der Waals surface area contributed by atoms with Crippen LogP contribution in [0, 0.1) is 10.1 Å². The second kappa shape index (κ2) is 6.06. The molecule has 2 unspecified atom stereocenters. The number of aliphatic carboxylic acids is 1. The Morgan fingerprint density at radius 3 is 2.33 bits per heavy atom. The number of alkyl halides is 3. The third kappa shape index (κ3) is 4.13. The van der Waals surface area contributed by atoms with Crippen molar-refractivity contribution in [3.63, 3.8) is 0 Å². The number of nitro benzene ring substituents is 1. The number of carboxylic acids is 1. The number of aliphatic hydroxyl groups is 2. The van der Waals surface area contributed by atoms with Crippen LogP contribution in [-0.2, 0) is 11.0 Å². The first-order chi connectivity index (χ1) is 9.54.